The summed E-state index contributed by atoms with van der Waals surface area (Å²) in [5, 5.41) is 0. The number of benzene rings is 1. The Balaban J connectivity index is 2.23. The summed E-state index contributed by atoms with van der Waals surface area (Å²) < 4.78 is 5.36. The minimum atomic E-state index is 0.0404. The Bertz CT molecular complexity index is 456. The Morgan fingerprint density at radius 2 is 2.22 bits per heavy atom. The summed E-state index contributed by atoms with van der Waals surface area (Å²) >= 11 is 0. The number of carbonyl (C=O) groups excluding carboxylic acids is 1. The Hall–Kier alpha value is -1.77. The zero-order valence-corrected chi connectivity index (χ0v) is 10.9. The van der Waals surface area contributed by atoms with Crippen LogP contribution < -0.4 is 4.74 Å². The average molecular weight is 245 g/mol. The van der Waals surface area contributed by atoms with Crippen molar-refractivity contribution in [2.45, 2.75) is 19.4 Å². The third-order valence-corrected chi connectivity index (χ3v) is 3.58. The fourth-order valence-corrected chi connectivity index (χ4v) is 2.47. The van der Waals surface area contributed by atoms with Crippen LogP contribution in [0.25, 0.3) is 0 Å². The zero-order chi connectivity index (χ0) is 13.1. The molecule has 1 amide bonds. The first-order chi connectivity index (χ1) is 8.67. The van der Waals surface area contributed by atoms with Gasteiger partial charge >= 0.3 is 0 Å². The lowest BCUT2D eigenvalue weighted by Gasteiger charge is -2.26. The van der Waals surface area contributed by atoms with Gasteiger partial charge in [0.2, 0.25) is 5.91 Å². The molecule has 0 aromatic heterocycles. The number of rotatable bonds is 4. The van der Waals surface area contributed by atoms with Gasteiger partial charge < -0.3 is 9.64 Å². The van der Waals surface area contributed by atoms with Crippen LogP contribution in [-0.2, 0) is 4.79 Å². The highest BCUT2D eigenvalue weighted by Gasteiger charge is 2.32. The standard InChI is InChI=1S/C15H19NO2/c1-4-12-9-15(17)16(10-12)11(2)13-7-5-6-8-14(13)18-3/h4-8,11-12H,1,9-10H2,2-3H3. The van der Waals surface area contributed by atoms with Crippen molar-refractivity contribution in [3.8, 4) is 5.75 Å². The normalized spacial score (nSPS) is 20.9. The molecular weight excluding hydrogens is 226 g/mol. The molecule has 3 heteroatoms. The summed E-state index contributed by atoms with van der Waals surface area (Å²) in [7, 11) is 1.66. The lowest BCUT2D eigenvalue weighted by Crippen LogP contribution is -2.28. The van der Waals surface area contributed by atoms with Crippen molar-refractivity contribution in [3.63, 3.8) is 0 Å². The van der Waals surface area contributed by atoms with E-state index in [0.29, 0.717) is 6.42 Å². The Kier molecular flexibility index (Phi) is 3.70. The SMILES string of the molecule is C=CC1CC(=O)N(C(C)c2ccccc2OC)C1. The molecule has 96 valence electrons. The summed E-state index contributed by atoms with van der Waals surface area (Å²) in [6, 6.07) is 7.89. The average Bonchev–Trinajstić information content (AvgIpc) is 2.79. The molecule has 1 aliphatic rings. The van der Waals surface area contributed by atoms with E-state index in [4.69, 9.17) is 4.74 Å². The number of hydrogen-bond acceptors (Lipinski definition) is 2. The first-order valence-electron chi connectivity index (χ1n) is 6.22. The fraction of sp³-hybridized carbons (Fsp3) is 0.400. The Labute approximate surface area is 108 Å². The van der Waals surface area contributed by atoms with Gasteiger partial charge in [-0.3, -0.25) is 4.79 Å². The maximum absolute atomic E-state index is 12.0. The molecule has 2 unspecified atom stereocenters. The molecule has 2 atom stereocenters. The molecule has 3 nitrogen and oxygen atoms in total. The van der Waals surface area contributed by atoms with Crippen molar-refractivity contribution >= 4 is 5.91 Å². The topological polar surface area (TPSA) is 29.5 Å². The van der Waals surface area contributed by atoms with E-state index < -0.39 is 0 Å². The third-order valence-electron chi connectivity index (χ3n) is 3.58. The van der Waals surface area contributed by atoms with Crippen LogP contribution in [0.4, 0.5) is 0 Å². The lowest BCUT2D eigenvalue weighted by atomic mass is 10.1. The number of likely N-dealkylation sites (tertiary alicyclic amines) is 1. The lowest BCUT2D eigenvalue weighted by molar-refractivity contribution is -0.129. The van der Waals surface area contributed by atoms with Gasteiger partial charge in [-0.05, 0) is 13.0 Å². The van der Waals surface area contributed by atoms with Crippen LogP contribution in [0.3, 0.4) is 0 Å². The molecule has 0 N–H and O–H groups in total. The number of para-hydroxylation sites is 1. The molecule has 0 aliphatic carbocycles. The maximum atomic E-state index is 12.0. The van der Waals surface area contributed by atoms with E-state index in [1.165, 1.54) is 0 Å². The van der Waals surface area contributed by atoms with E-state index in [-0.39, 0.29) is 17.9 Å². The van der Waals surface area contributed by atoms with Crippen molar-refractivity contribution in [2.75, 3.05) is 13.7 Å². The van der Waals surface area contributed by atoms with Gasteiger partial charge in [0.25, 0.3) is 0 Å². The molecule has 0 saturated carbocycles. The molecule has 0 spiro atoms. The highest BCUT2D eigenvalue weighted by Crippen LogP contribution is 2.33. The van der Waals surface area contributed by atoms with E-state index in [1.54, 1.807) is 7.11 Å². The second-order valence-corrected chi connectivity index (χ2v) is 4.66. The first kappa shape index (κ1) is 12.7. The predicted octanol–water partition coefficient (Wildman–Crippen LogP) is 2.79. The van der Waals surface area contributed by atoms with Crippen molar-refractivity contribution in [3.05, 3.63) is 42.5 Å². The van der Waals surface area contributed by atoms with Crippen LogP contribution >= 0.6 is 0 Å². The van der Waals surface area contributed by atoms with Crippen LogP contribution in [-0.4, -0.2) is 24.5 Å². The first-order valence-corrected chi connectivity index (χ1v) is 6.22. The van der Waals surface area contributed by atoms with E-state index in [9.17, 15) is 4.79 Å². The van der Waals surface area contributed by atoms with E-state index >= 15 is 0 Å². The van der Waals surface area contributed by atoms with Crippen LogP contribution in [0, 0.1) is 5.92 Å². The number of ether oxygens (including phenoxy) is 1. The highest BCUT2D eigenvalue weighted by atomic mass is 16.5. The van der Waals surface area contributed by atoms with Gasteiger partial charge in [-0.15, -0.1) is 6.58 Å². The molecule has 18 heavy (non-hydrogen) atoms. The Morgan fingerprint density at radius 3 is 2.83 bits per heavy atom. The predicted molar refractivity (Wildman–Crippen MR) is 71.4 cm³/mol. The van der Waals surface area contributed by atoms with Crippen LogP contribution in [0.1, 0.15) is 24.9 Å². The molecule has 2 rings (SSSR count). The molecule has 0 radical (unpaired) electrons. The Morgan fingerprint density at radius 1 is 1.50 bits per heavy atom. The van der Waals surface area contributed by atoms with E-state index in [0.717, 1.165) is 17.9 Å². The number of hydrogen-bond donors (Lipinski definition) is 0. The number of carbonyl (C=O) groups is 1. The van der Waals surface area contributed by atoms with Crippen LogP contribution in [0.15, 0.2) is 36.9 Å². The number of amides is 1. The summed E-state index contributed by atoms with van der Waals surface area (Å²) in [6.07, 6.45) is 2.44. The second-order valence-electron chi connectivity index (χ2n) is 4.66. The fourth-order valence-electron chi connectivity index (χ4n) is 2.47. The van der Waals surface area contributed by atoms with Gasteiger partial charge in [-0.1, -0.05) is 24.3 Å². The molecule has 1 aliphatic heterocycles. The minimum absolute atomic E-state index is 0.0404. The summed E-state index contributed by atoms with van der Waals surface area (Å²) in [5.41, 5.74) is 1.05. The maximum Gasteiger partial charge on any atom is 0.223 e. The van der Waals surface area contributed by atoms with Gasteiger partial charge in [0.15, 0.2) is 0 Å². The molecule has 1 saturated heterocycles. The largest absolute Gasteiger partial charge is 0.496 e. The molecule has 1 aromatic carbocycles. The van der Waals surface area contributed by atoms with Crippen molar-refractivity contribution < 1.29 is 9.53 Å². The molecular formula is C15H19NO2. The van der Waals surface area contributed by atoms with Crippen LogP contribution in [0.5, 0.6) is 5.75 Å². The number of methoxy groups -OCH3 is 1. The van der Waals surface area contributed by atoms with Crippen LogP contribution in [0.2, 0.25) is 0 Å². The van der Waals surface area contributed by atoms with Crippen molar-refractivity contribution in [1.82, 2.24) is 4.90 Å². The highest BCUT2D eigenvalue weighted by molar-refractivity contribution is 5.79. The van der Waals surface area contributed by atoms with Gasteiger partial charge in [-0.25, -0.2) is 0 Å². The summed E-state index contributed by atoms with van der Waals surface area (Å²) in [5.74, 6) is 1.30. The monoisotopic (exact) mass is 245 g/mol. The van der Waals surface area contributed by atoms with E-state index in [2.05, 4.69) is 6.58 Å². The minimum Gasteiger partial charge on any atom is -0.496 e. The molecule has 0 bridgehead atoms. The molecule has 1 aromatic rings. The molecule has 1 fully saturated rings. The summed E-state index contributed by atoms with van der Waals surface area (Å²) in [6.45, 7) is 6.57. The third kappa shape index (κ3) is 2.26. The van der Waals surface area contributed by atoms with Crippen molar-refractivity contribution in [1.29, 1.82) is 0 Å². The molecule has 1 heterocycles. The smallest absolute Gasteiger partial charge is 0.223 e. The zero-order valence-electron chi connectivity index (χ0n) is 10.9. The van der Waals surface area contributed by atoms with E-state index in [1.807, 2.05) is 42.2 Å². The summed E-state index contributed by atoms with van der Waals surface area (Å²) in [4.78, 5) is 13.9. The van der Waals surface area contributed by atoms with Gasteiger partial charge in [0, 0.05) is 24.4 Å². The second kappa shape index (κ2) is 5.25. The quantitative estimate of drug-likeness (QED) is 0.763. The number of nitrogens with zero attached hydrogens (tertiary/aromatic N) is 1. The van der Waals surface area contributed by atoms with Gasteiger partial charge in [0.05, 0.1) is 13.2 Å². The van der Waals surface area contributed by atoms with Crippen molar-refractivity contribution in [2.24, 2.45) is 5.92 Å². The van der Waals surface area contributed by atoms with Gasteiger partial charge in [-0.2, -0.15) is 0 Å². The van der Waals surface area contributed by atoms with Gasteiger partial charge in [0.1, 0.15) is 5.75 Å².